The van der Waals surface area contributed by atoms with E-state index < -0.39 is 28.7 Å². The molecule has 0 aliphatic heterocycles. The van der Waals surface area contributed by atoms with Gasteiger partial charge in [0.25, 0.3) is 11.1 Å². The summed E-state index contributed by atoms with van der Waals surface area (Å²) in [7, 11) is 0. The van der Waals surface area contributed by atoms with Crippen LogP contribution in [0.5, 0.6) is 11.5 Å². The highest BCUT2D eigenvalue weighted by Gasteiger charge is 2.38. The average molecular weight is 417 g/mol. The van der Waals surface area contributed by atoms with Gasteiger partial charge in [0, 0.05) is 6.07 Å². The van der Waals surface area contributed by atoms with Gasteiger partial charge in [0.2, 0.25) is 5.75 Å². The Hall–Kier alpha value is -3.94. The summed E-state index contributed by atoms with van der Waals surface area (Å²) in [4.78, 5) is 27.2. The Kier molecular flexibility index (Phi) is 5.68. The zero-order valence-electron chi connectivity index (χ0n) is 15.5. The molecule has 0 unspecified atom stereocenters. The summed E-state index contributed by atoms with van der Waals surface area (Å²) in [5, 5.41) is 15.0. The zero-order valence-corrected chi connectivity index (χ0v) is 15.5. The molecule has 154 valence electrons. The van der Waals surface area contributed by atoms with E-state index in [1.165, 1.54) is 24.3 Å². The predicted molar refractivity (Wildman–Crippen MR) is 98.1 cm³/mol. The van der Waals surface area contributed by atoms with Gasteiger partial charge in [0.15, 0.2) is 5.69 Å². The number of hydrogen-bond donors (Lipinski definition) is 1. The molecule has 0 amide bonds. The number of benzene rings is 1. The van der Waals surface area contributed by atoms with E-state index in [9.17, 15) is 22.8 Å². The van der Waals surface area contributed by atoms with Crippen molar-refractivity contribution in [2.75, 3.05) is 0 Å². The lowest BCUT2D eigenvalue weighted by Crippen LogP contribution is -2.27. The standard InChI is InChI=1S/C19H14F3N5O3/c1-2-11-5-12(8-23)7-14(6-11)30-16-17(19(20,21)22)24-10-27(18(16)29)9-13-3-4-15(28)26-25-13/h3-7,10H,2,9H2,1H3,(H,26,28). The van der Waals surface area contributed by atoms with Crippen LogP contribution in [0.2, 0.25) is 0 Å². The van der Waals surface area contributed by atoms with Crippen molar-refractivity contribution in [3.8, 4) is 17.6 Å². The molecule has 1 aromatic carbocycles. The number of nitrogens with one attached hydrogen (secondary N) is 1. The summed E-state index contributed by atoms with van der Waals surface area (Å²) < 4.78 is 46.5. The third-order valence-electron chi connectivity index (χ3n) is 4.06. The van der Waals surface area contributed by atoms with Gasteiger partial charge in [0.05, 0.1) is 30.2 Å². The molecule has 0 bridgehead atoms. The van der Waals surface area contributed by atoms with Gasteiger partial charge < -0.3 is 4.74 Å². The molecular formula is C19H14F3N5O3. The maximum absolute atomic E-state index is 13.4. The first-order valence-corrected chi connectivity index (χ1v) is 8.64. The summed E-state index contributed by atoms with van der Waals surface area (Å²) >= 11 is 0. The number of aryl methyl sites for hydroxylation is 1. The highest BCUT2D eigenvalue weighted by Crippen LogP contribution is 2.34. The molecule has 0 fully saturated rings. The Balaban J connectivity index is 2.09. The molecule has 8 nitrogen and oxygen atoms in total. The van der Waals surface area contributed by atoms with Crippen LogP contribution in [0.15, 0.2) is 46.2 Å². The number of nitrogens with zero attached hydrogens (tertiary/aromatic N) is 4. The first-order valence-electron chi connectivity index (χ1n) is 8.64. The number of aromatic nitrogens is 4. The van der Waals surface area contributed by atoms with Crippen LogP contribution in [0.25, 0.3) is 0 Å². The first kappa shape index (κ1) is 20.8. The number of ether oxygens (including phenoxy) is 1. The maximum atomic E-state index is 13.4. The highest BCUT2D eigenvalue weighted by molar-refractivity contribution is 5.43. The Morgan fingerprint density at radius 2 is 2.00 bits per heavy atom. The average Bonchev–Trinajstić information content (AvgIpc) is 2.71. The fourth-order valence-corrected chi connectivity index (χ4v) is 2.62. The van der Waals surface area contributed by atoms with Crippen molar-refractivity contribution < 1.29 is 17.9 Å². The number of hydrogen-bond acceptors (Lipinski definition) is 6. The SMILES string of the molecule is CCc1cc(C#N)cc(Oc2c(C(F)(F)F)ncn(Cc3ccc(=O)[nH]n3)c2=O)c1. The molecule has 3 rings (SSSR count). The van der Waals surface area contributed by atoms with Crippen molar-refractivity contribution in [2.45, 2.75) is 26.1 Å². The second kappa shape index (κ2) is 8.20. The lowest BCUT2D eigenvalue weighted by molar-refractivity contribution is -0.142. The van der Waals surface area contributed by atoms with Gasteiger partial charge in [-0.05, 0) is 36.2 Å². The minimum Gasteiger partial charge on any atom is -0.449 e. The van der Waals surface area contributed by atoms with E-state index in [0.29, 0.717) is 12.0 Å². The molecule has 3 aromatic rings. The molecule has 0 spiro atoms. The number of alkyl halides is 3. The normalized spacial score (nSPS) is 11.2. The third kappa shape index (κ3) is 4.54. The van der Waals surface area contributed by atoms with Gasteiger partial charge in [-0.25, -0.2) is 10.1 Å². The van der Waals surface area contributed by atoms with Crippen molar-refractivity contribution in [2.24, 2.45) is 0 Å². The van der Waals surface area contributed by atoms with Crippen molar-refractivity contribution in [1.82, 2.24) is 19.7 Å². The van der Waals surface area contributed by atoms with E-state index in [2.05, 4.69) is 15.2 Å². The molecule has 0 radical (unpaired) electrons. The number of nitriles is 1. The minimum atomic E-state index is -4.94. The van der Waals surface area contributed by atoms with Gasteiger partial charge >= 0.3 is 6.18 Å². The van der Waals surface area contributed by atoms with E-state index in [4.69, 9.17) is 10.00 Å². The second-order valence-electron chi connectivity index (χ2n) is 6.20. The van der Waals surface area contributed by atoms with Crippen molar-refractivity contribution >= 4 is 0 Å². The van der Waals surface area contributed by atoms with Gasteiger partial charge in [-0.3, -0.25) is 14.2 Å². The Labute approximate surface area is 167 Å². The molecule has 0 aliphatic rings. The molecule has 0 aliphatic carbocycles. The van der Waals surface area contributed by atoms with Crippen molar-refractivity contribution in [3.63, 3.8) is 0 Å². The summed E-state index contributed by atoms with van der Waals surface area (Å²) in [6, 6.07) is 8.64. The Bertz CT molecular complexity index is 1220. The van der Waals surface area contributed by atoms with Crippen LogP contribution in [-0.4, -0.2) is 19.7 Å². The molecule has 2 aromatic heterocycles. The summed E-state index contributed by atoms with van der Waals surface area (Å²) in [6.07, 6.45) is -3.70. The van der Waals surface area contributed by atoms with Crippen molar-refractivity contribution in [1.29, 1.82) is 5.26 Å². The van der Waals surface area contributed by atoms with E-state index in [1.54, 1.807) is 13.0 Å². The van der Waals surface area contributed by atoms with E-state index in [0.717, 1.165) is 10.9 Å². The number of aromatic amines is 1. The Morgan fingerprint density at radius 1 is 1.23 bits per heavy atom. The predicted octanol–water partition coefficient (Wildman–Crippen LogP) is 2.62. The lowest BCUT2D eigenvalue weighted by atomic mass is 10.1. The van der Waals surface area contributed by atoms with Gasteiger partial charge in [-0.2, -0.15) is 23.5 Å². The highest BCUT2D eigenvalue weighted by atomic mass is 19.4. The lowest BCUT2D eigenvalue weighted by Gasteiger charge is -2.15. The second-order valence-corrected chi connectivity index (χ2v) is 6.20. The number of H-pyrrole nitrogens is 1. The van der Waals surface area contributed by atoms with E-state index >= 15 is 0 Å². The molecule has 30 heavy (non-hydrogen) atoms. The third-order valence-corrected chi connectivity index (χ3v) is 4.06. The molecular weight excluding hydrogens is 403 g/mol. The van der Waals surface area contributed by atoms with Crippen molar-refractivity contribution in [3.05, 3.63) is 79.9 Å². The molecule has 11 heteroatoms. The van der Waals surface area contributed by atoms with Crippen LogP contribution in [0.3, 0.4) is 0 Å². The Morgan fingerprint density at radius 3 is 2.60 bits per heavy atom. The van der Waals surface area contributed by atoms with E-state index in [1.807, 2.05) is 6.07 Å². The maximum Gasteiger partial charge on any atom is 0.437 e. The fraction of sp³-hybridized carbons (Fsp3) is 0.211. The number of rotatable bonds is 5. The molecule has 2 heterocycles. The van der Waals surface area contributed by atoms with Crippen LogP contribution in [0.1, 0.15) is 29.4 Å². The van der Waals surface area contributed by atoms with Gasteiger partial charge in [-0.15, -0.1) is 0 Å². The molecule has 0 saturated heterocycles. The summed E-state index contributed by atoms with van der Waals surface area (Å²) in [5.41, 5.74) is -1.99. The molecule has 0 saturated carbocycles. The van der Waals surface area contributed by atoms with Gasteiger partial charge in [0.1, 0.15) is 5.75 Å². The largest absolute Gasteiger partial charge is 0.449 e. The van der Waals surface area contributed by atoms with Crippen LogP contribution >= 0.6 is 0 Å². The molecule has 1 N–H and O–H groups in total. The fourth-order valence-electron chi connectivity index (χ4n) is 2.62. The smallest absolute Gasteiger partial charge is 0.437 e. The minimum absolute atomic E-state index is 0.0878. The topological polar surface area (TPSA) is 114 Å². The first-order chi connectivity index (χ1) is 14.2. The zero-order chi connectivity index (χ0) is 21.9. The summed E-state index contributed by atoms with van der Waals surface area (Å²) in [5.74, 6) is -1.11. The number of halogens is 3. The summed E-state index contributed by atoms with van der Waals surface area (Å²) in [6.45, 7) is 1.56. The monoisotopic (exact) mass is 417 g/mol. The van der Waals surface area contributed by atoms with Crippen LogP contribution < -0.4 is 15.9 Å². The van der Waals surface area contributed by atoms with Crippen LogP contribution in [-0.2, 0) is 19.1 Å². The molecule has 0 atom stereocenters. The van der Waals surface area contributed by atoms with E-state index in [-0.39, 0.29) is 23.6 Å². The van der Waals surface area contributed by atoms with Gasteiger partial charge in [-0.1, -0.05) is 6.92 Å². The van der Waals surface area contributed by atoms with Crippen LogP contribution in [0, 0.1) is 11.3 Å². The van der Waals surface area contributed by atoms with Crippen LogP contribution in [0.4, 0.5) is 13.2 Å². The quantitative estimate of drug-likeness (QED) is 0.683.